The Hall–Kier alpha value is -14.4. The molecule has 0 spiro atoms. The molecule has 0 radical (unpaired) electrons. The number of hydrogen-bond acceptors (Lipinski definition) is 6. The molecular formula is C108H90N8O4. The number of hydrogen-bond donors (Lipinski definition) is 2. The minimum absolute atomic E-state index is 0.596. The second-order valence-corrected chi connectivity index (χ2v) is 31.6. The Morgan fingerprint density at radius 1 is 0.200 bits per heavy atom. The maximum atomic E-state index is 6.58. The van der Waals surface area contributed by atoms with Crippen molar-refractivity contribution >= 4 is 134 Å². The first-order valence-corrected chi connectivity index (χ1v) is 42.5. The molecule has 0 saturated heterocycles. The first-order chi connectivity index (χ1) is 59.5. The van der Waals surface area contributed by atoms with Gasteiger partial charge in [-0.25, -0.2) is 9.97 Å². The normalized spacial score (nSPS) is 12.1. The van der Waals surface area contributed by atoms with Crippen LogP contribution in [0.25, 0.3) is 178 Å². The standard InChI is InChI=1S/C108H90N8O4/c1-9-33-97-81(25-1)82-26-2-10-34-98(82)113(97)65-17-21-69-117-77-49-41-73(42-50-77)105-89-57-59-91(109-89)106(74-43-51-78(52-44-74)118-70-22-18-66-114-99-35-11-3-27-83(99)84-28-4-12-36-100(84)114)93-61-63-95(111-93)108(76-47-55-80(56-48-76)120-72-24-20-68-116-103-39-15-7-31-87(103)88-32-8-16-40-104(88)116)96-64-62-94(112-96)107(92-60-58-90(105)110-92)75-45-53-79(54-46-75)119-71-23-19-67-115-101-37-13-5-29-85(101)86-30-6-14-38-102(86)115/h1-16,25-64,109,112H,17-24,65-72H2. The molecule has 0 atom stereocenters. The molecule has 586 valence electrons. The molecular weight excluding hydrogens is 1470 g/mol. The molecule has 0 saturated carbocycles. The summed E-state index contributed by atoms with van der Waals surface area (Å²) < 4.78 is 36.1. The van der Waals surface area contributed by atoms with Crippen LogP contribution in [0, 0.1) is 0 Å². The van der Waals surface area contributed by atoms with E-state index in [2.05, 4.69) is 368 Å². The van der Waals surface area contributed by atoms with Crippen LogP contribution in [-0.4, -0.2) is 64.6 Å². The van der Waals surface area contributed by atoms with Gasteiger partial charge in [-0.3, -0.25) is 0 Å². The molecule has 120 heavy (non-hydrogen) atoms. The van der Waals surface area contributed by atoms with Crippen LogP contribution in [0.3, 0.4) is 0 Å². The van der Waals surface area contributed by atoms with Crippen molar-refractivity contribution in [1.82, 2.24) is 38.2 Å². The van der Waals surface area contributed by atoms with Gasteiger partial charge in [0.1, 0.15) is 23.0 Å². The molecule has 21 rings (SSSR count). The number of aromatic amines is 2. The Bertz CT molecular complexity index is 6220. The van der Waals surface area contributed by atoms with E-state index in [1.807, 2.05) is 0 Å². The zero-order chi connectivity index (χ0) is 79.7. The number of rotatable bonds is 28. The van der Waals surface area contributed by atoms with Crippen LogP contribution < -0.4 is 18.9 Å². The van der Waals surface area contributed by atoms with Gasteiger partial charge in [0.25, 0.3) is 0 Å². The maximum absolute atomic E-state index is 6.58. The Labute approximate surface area is 696 Å². The van der Waals surface area contributed by atoms with Gasteiger partial charge in [0, 0.05) is 158 Å². The van der Waals surface area contributed by atoms with E-state index in [0.717, 1.165) is 190 Å². The van der Waals surface area contributed by atoms with E-state index >= 15 is 0 Å². The van der Waals surface area contributed by atoms with Crippen molar-refractivity contribution in [2.75, 3.05) is 26.4 Å². The summed E-state index contributed by atoms with van der Waals surface area (Å²) in [6, 6.07) is 113. The minimum Gasteiger partial charge on any atom is -0.494 e. The Kier molecular flexibility index (Phi) is 19.9. The van der Waals surface area contributed by atoms with Crippen molar-refractivity contribution in [3.8, 4) is 67.5 Å². The first-order valence-electron chi connectivity index (χ1n) is 42.5. The minimum atomic E-state index is 0.596. The van der Waals surface area contributed by atoms with E-state index in [4.69, 9.17) is 28.9 Å². The van der Waals surface area contributed by atoms with Crippen LogP contribution in [0.1, 0.15) is 74.1 Å². The molecule has 12 aromatic carbocycles. The highest BCUT2D eigenvalue weighted by Gasteiger charge is 2.22. The van der Waals surface area contributed by atoms with Crippen molar-refractivity contribution in [2.45, 2.75) is 77.5 Å². The van der Waals surface area contributed by atoms with E-state index in [1.54, 1.807) is 0 Å². The first kappa shape index (κ1) is 73.3. The quantitative estimate of drug-likeness (QED) is 0.0472. The molecule has 2 aliphatic rings. The lowest BCUT2D eigenvalue weighted by molar-refractivity contribution is 0.304. The summed E-state index contributed by atoms with van der Waals surface area (Å²) in [5, 5.41) is 10.3. The number of nitrogens with one attached hydrogen (secondary N) is 2. The summed E-state index contributed by atoms with van der Waals surface area (Å²) in [7, 11) is 0. The van der Waals surface area contributed by atoms with E-state index in [1.165, 1.54) is 87.2 Å². The molecule has 12 heteroatoms. The summed E-state index contributed by atoms with van der Waals surface area (Å²) in [6.45, 7) is 6.01. The van der Waals surface area contributed by atoms with Gasteiger partial charge >= 0.3 is 0 Å². The highest BCUT2D eigenvalue weighted by Crippen LogP contribution is 2.42. The van der Waals surface area contributed by atoms with Crippen molar-refractivity contribution < 1.29 is 18.9 Å². The molecule has 0 unspecified atom stereocenters. The number of benzene rings is 12. The largest absolute Gasteiger partial charge is 0.494 e. The number of unbranched alkanes of at least 4 members (excludes halogenated alkanes) is 4. The zero-order valence-corrected chi connectivity index (χ0v) is 67.0. The number of fused-ring (bicyclic) bond motifs is 20. The predicted octanol–water partition coefficient (Wildman–Crippen LogP) is 27.2. The number of aromatic nitrogens is 8. The lowest BCUT2D eigenvalue weighted by Crippen LogP contribution is -2.02. The summed E-state index contributed by atoms with van der Waals surface area (Å²) in [5.41, 5.74) is 24.8. The molecule has 2 N–H and O–H groups in total. The smallest absolute Gasteiger partial charge is 0.119 e. The fourth-order valence-electron chi connectivity index (χ4n) is 18.5. The van der Waals surface area contributed by atoms with Crippen LogP contribution in [-0.2, 0) is 26.2 Å². The number of ether oxygens (including phenoxy) is 4. The summed E-state index contributed by atoms with van der Waals surface area (Å²) in [5.74, 6) is 3.27. The van der Waals surface area contributed by atoms with Crippen molar-refractivity contribution in [2.24, 2.45) is 0 Å². The van der Waals surface area contributed by atoms with Gasteiger partial charge in [0.15, 0.2) is 0 Å². The van der Waals surface area contributed by atoms with E-state index < -0.39 is 0 Å². The Morgan fingerprint density at radius 3 is 0.575 bits per heavy atom. The van der Waals surface area contributed by atoms with E-state index in [9.17, 15) is 0 Å². The van der Waals surface area contributed by atoms with Gasteiger partial charge in [-0.15, -0.1) is 0 Å². The van der Waals surface area contributed by atoms with Crippen LogP contribution in [0.4, 0.5) is 0 Å². The average molecular weight is 1560 g/mol. The molecule has 0 fully saturated rings. The Morgan fingerprint density at radius 2 is 0.383 bits per heavy atom. The molecule has 2 aliphatic heterocycles. The third kappa shape index (κ3) is 14.2. The monoisotopic (exact) mass is 1560 g/mol. The number of nitrogens with zero attached hydrogens (tertiary/aromatic N) is 6. The van der Waals surface area contributed by atoms with Crippen LogP contribution >= 0.6 is 0 Å². The third-order valence-corrected chi connectivity index (χ3v) is 24.2. The number of para-hydroxylation sites is 8. The number of aryl methyl sites for hydroxylation is 4. The Balaban J connectivity index is 0.617. The zero-order valence-electron chi connectivity index (χ0n) is 67.0. The number of H-pyrrole nitrogens is 2. The van der Waals surface area contributed by atoms with E-state index in [0.29, 0.717) is 26.4 Å². The fraction of sp³-hybridized carbons (Fsp3) is 0.148. The summed E-state index contributed by atoms with van der Waals surface area (Å²) >= 11 is 0. The lowest BCUT2D eigenvalue weighted by atomic mass is 10.0. The SMILES string of the molecule is C1=Cc2nc1c(-c1ccc(OCCCCn3c4ccccc4c4ccccc43)cc1)c1ccc([nH]1)c(-c1ccc(OCCCCn3c4ccccc4c4ccccc43)cc1)c1nc(c(-c3ccc(OCCCCn4c5ccccc5c5ccccc54)cc3)c3ccc([nH]3)c2-c2ccc(OCCCCn3c4ccccc4c4ccccc43)cc2)C=C1. The summed E-state index contributed by atoms with van der Waals surface area (Å²) in [4.78, 5) is 19.4. The molecule has 7 aromatic heterocycles. The molecule has 12 nitrogen and oxygen atoms in total. The third-order valence-electron chi connectivity index (χ3n) is 24.2. The van der Waals surface area contributed by atoms with Crippen LogP contribution in [0.2, 0.25) is 0 Å². The van der Waals surface area contributed by atoms with Gasteiger partial charge in [0.2, 0.25) is 0 Å². The molecule has 8 bridgehead atoms. The highest BCUT2D eigenvalue weighted by atomic mass is 16.5. The lowest BCUT2D eigenvalue weighted by Gasteiger charge is -2.11. The predicted molar refractivity (Wildman–Crippen MR) is 497 cm³/mol. The van der Waals surface area contributed by atoms with Crippen LogP contribution in [0.5, 0.6) is 23.0 Å². The molecule has 0 amide bonds. The second kappa shape index (κ2) is 32.6. The van der Waals surface area contributed by atoms with Gasteiger partial charge in [0.05, 0.1) is 49.2 Å². The van der Waals surface area contributed by atoms with Crippen molar-refractivity contribution in [3.63, 3.8) is 0 Å². The molecule has 0 aliphatic carbocycles. The highest BCUT2D eigenvalue weighted by molar-refractivity contribution is 6.11. The van der Waals surface area contributed by atoms with E-state index in [-0.39, 0.29) is 0 Å². The topological polar surface area (TPSA) is 114 Å². The molecule has 19 aromatic rings. The van der Waals surface area contributed by atoms with Gasteiger partial charge < -0.3 is 47.2 Å². The van der Waals surface area contributed by atoms with Gasteiger partial charge in [-0.1, -0.05) is 194 Å². The average Bonchev–Trinajstić information content (AvgIpc) is 1.63. The van der Waals surface area contributed by atoms with Gasteiger partial charge in [-0.05, 0) is 219 Å². The van der Waals surface area contributed by atoms with Gasteiger partial charge in [-0.2, -0.15) is 0 Å². The van der Waals surface area contributed by atoms with Crippen molar-refractivity contribution in [1.29, 1.82) is 0 Å². The van der Waals surface area contributed by atoms with Crippen LogP contribution in [0.15, 0.2) is 315 Å². The maximum Gasteiger partial charge on any atom is 0.119 e. The molecule has 9 heterocycles. The second-order valence-electron chi connectivity index (χ2n) is 31.6. The summed E-state index contributed by atoms with van der Waals surface area (Å²) in [6.07, 6.45) is 16.2. The fourth-order valence-corrected chi connectivity index (χ4v) is 18.5. The van der Waals surface area contributed by atoms with Crippen molar-refractivity contribution in [3.05, 3.63) is 338 Å².